The van der Waals surface area contributed by atoms with E-state index in [0.29, 0.717) is 28.8 Å². The summed E-state index contributed by atoms with van der Waals surface area (Å²) in [6, 6.07) is 17.6. The molecule has 2 atom stereocenters. The lowest BCUT2D eigenvalue weighted by Crippen LogP contribution is -2.51. The number of nitrogens with one attached hydrogen (secondary N) is 1. The quantitative estimate of drug-likeness (QED) is 0.517. The molecule has 31 heavy (non-hydrogen) atoms. The van der Waals surface area contributed by atoms with E-state index < -0.39 is 0 Å². The van der Waals surface area contributed by atoms with Crippen molar-refractivity contribution in [3.8, 4) is 17.3 Å². The minimum atomic E-state index is 0.342. The van der Waals surface area contributed by atoms with Crippen LogP contribution in [0.15, 0.2) is 48.5 Å². The molecule has 2 fully saturated rings. The van der Waals surface area contributed by atoms with Gasteiger partial charge in [-0.25, -0.2) is 4.98 Å². The van der Waals surface area contributed by atoms with Gasteiger partial charge < -0.3 is 15.0 Å². The maximum atomic E-state index is 6.55. The second-order valence-electron chi connectivity index (χ2n) is 8.29. The van der Waals surface area contributed by atoms with Gasteiger partial charge in [-0.1, -0.05) is 41.9 Å². The number of benzene rings is 2. The molecule has 2 bridgehead atoms. The fraction of sp³-hybridized carbons (Fsp3) is 0.292. The molecule has 7 heteroatoms. The van der Waals surface area contributed by atoms with Crippen LogP contribution in [0.5, 0.6) is 6.01 Å². The van der Waals surface area contributed by atoms with Crippen molar-refractivity contribution in [3.63, 3.8) is 0 Å². The molecule has 4 heterocycles. The first-order chi connectivity index (χ1) is 15.2. The molecule has 6 nitrogen and oxygen atoms in total. The van der Waals surface area contributed by atoms with E-state index in [1.54, 1.807) is 7.11 Å². The Balaban J connectivity index is 1.51. The van der Waals surface area contributed by atoms with Crippen LogP contribution < -0.4 is 15.0 Å². The van der Waals surface area contributed by atoms with Gasteiger partial charge in [-0.2, -0.15) is 9.97 Å². The van der Waals surface area contributed by atoms with Crippen molar-refractivity contribution in [1.29, 1.82) is 0 Å². The second-order valence-corrected chi connectivity index (χ2v) is 8.70. The molecule has 0 saturated carbocycles. The van der Waals surface area contributed by atoms with E-state index in [2.05, 4.69) is 39.5 Å². The van der Waals surface area contributed by atoms with E-state index >= 15 is 0 Å². The summed E-state index contributed by atoms with van der Waals surface area (Å²) in [5.74, 6) is 0.898. The van der Waals surface area contributed by atoms with Crippen LogP contribution in [0.25, 0.3) is 33.1 Å². The van der Waals surface area contributed by atoms with Gasteiger partial charge in [0.2, 0.25) is 0 Å². The lowest BCUT2D eigenvalue weighted by atomic mass is 10.0. The number of ether oxygens (including phenoxy) is 1. The number of hydrogen-bond acceptors (Lipinski definition) is 6. The molecular formula is C24H22ClN5O. The van der Waals surface area contributed by atoms with Crippen LogP contribution in [-0.2, 0) is 0 Å². The number of methoxy groups -OCH3 is 1. The van der Waals surface area contributed by atoms with Gasteiger partial charge >= 0.3 is 6.01 Å². The molecule has 2 aromatic carbocycles. The van der Waals surface area contributed by atoms with Crippen molar-refractivity contribution in [1.82, 2.24) is 20.3 Å². The average Bonchev–Trinajstić information content (AvgIpc) is 3.15. The van der Waals surface area contributed by atoms with Crippen molar-refractivity contribution in [2.75, 3.05) is 25.1 Å². The summed E-state index contributed by atoms with van der Waals surface area (Å²) in [7, 11) is 1.60. The van der Waals surface area contributed by atoms with Crippen molar-refractivity contribution in [2.45, 2.75) is 24.9 Å². The first-order valence-electron chi connectivity index (χ1n) is 10.6. The minimum Gasteiger partial charge on any atom is -0.467 e. The number of aromatic nitrogens is 3. The number of piperazine rings is 1. The molecule has 0 aliphatic carbocycles. The predicted molar refractivity (Wildman–Crippen MR) is 124 cm³/mol. The Morgan fingerprint density at radius 1 is 0.968 bits per heavy atom. The highest BCUT2D eigenvalue weighted by atomic mass is 35.5. The number of fused-ring (bicyclic) bond motifs is 4. The van der Waals surface area contributed by atoms with Crippen LogP contribution >= 0.6 is 11.6 Å². The maximum Gasteiger partial charge on any atom is 0.320 e. The monoisotopic (exact) mass is 431 g/mol. The minimum absolute atomic E-state index is 0.342. The predicted octanol–water partition coefficient (Wildman–Crippen LogP) is 4.45. The molecule has 0 unspecified atom stereocenters. The summed E-state index contributed by atoms with van der Waals surface area (Å²) in [6.07, 6.45) is 2.43. The molecule has 4 aromatic rings. The second kappa shape index (κ2) is 7.32. The zero-order chi connectivity index (χ0) is 20.9. The van der Waals surface area contributed by atoms with Crippen LogP contribution in [0.2, 0.25) is 5.02 Å². The smallest absolute Gasteiger partial charge is 0.320 e. The summed E-state index contributed by atoms with van der Waals surface area (Å²) in [5.41, 5.74) is 2.46. The van der Waals surface area contributed by atoms with Gasteiger partial charge in [0.15, 0.2) is 5.65 Å². The van der Waals surface area contributed by atoms with Crippen LogP contribution in [0, 0.1) is 0 Å². The molecule has 6 rings (SSSR count). The Labute approximate surface area is 185 Å². The summed E-state index contributed by atoms with van der Waals surface area (Å²) >= 11 is 6.55. The van der Waals surface area contributed by atoms with Gasteiger partial charge in [0.1, 0.15) is 5.82 Å². The Bertz CT molecular complexity index is 1290. The summed E-state index contributed by atoms with van der Waals surface area (Å²) in [6.45, 7) is 1.87. The third kappa shape index (κ3) is 3.18. The van der Waals surface area contributed by atoms with Crippen LogP contribution in [0.4, 0.5) is 5.82 Å². The van der Waals surface area contributed by atoms with Crippen LogP contribution in [0.3, 0.4) is 0 Å². The lowest BCUT2D eigenvalue weighted by Gasteiger charge is -2.34. The van der Waals surface area contributed by atoms with Crippen molar-refractivity contribution < 1.29 is 4.74 Å². The lowest BCUT2D eigenvalue weighted by molar-refractivity contribution is 0.380. The fourth-order valence-electron chi connectivity index (χ4n) is 4.94. The molecular weight excluding hydrogens is 410 g/mol. The fourth-order valence-corrected chi connectivity index (χ4v) is 5.22. The molecule has 2 saturated heterocycles. The summed E-state index contributed by atoms with van der Waals surface area (Å²) in [5, 5.41) is 7.42. The van der Waals surface area contributed by atoms with Crippen LogP contribution in [-0.4, -0.2) is 47.2 Å². The molecule has 2 aliphatic rings. The SMILES string of the molecule is COc1nc(N2C[C@H]3CC[C@@H](C2)N3)c2ccc(-c3cccc4cccc(Cl)c34)nc2n1. The Morgan fingerprint density at radius 3 is 2.52 bits per heavy atom. The average molecular weight is 432 g/mol. The number of pyridine rings is 1. The van der Waals surface area contributed by atoms with E-state index in [4.69, 9.17) is 26.3 Å². The third-order valence-corrected chi connectivity index (χ3v) is 6.66. The Kier molecular flexibility index (Phi) is 4.44. The molecule has 0 spiro atoms. The van der Waals surface area contributed by atoms with Gasteiger partial charge in [0.05, 0.1) is 18.2 Å². The highest BCUT2D eigenvalue weighted by molar-refractivity contribution is 6.36. The Hall–Kier alpha value is -2.96. The molecule has 2 aliphatic heterocycles. The largest absolute Gasteiger partial charge is 0.467 e. The maximum absolute atomic E-state index is 6.55. The van der Waals surface area contributed by atoms with E-state index in [1.807, 2.05) is 24.3 Å². The van der Waals surface area contributed by atoms with E-state index in [1.165, 1.54) is 12.8 Å². The number of anilines is 1. The Morgan fingerprint density at radius 2 is 1.74 bits per heavy atom. The first-order valence-corrected chi connectivity index (χ1v) is 11.0. The van der Waals surface area contributed by atoms with Gasteiger partial charge in [-0.15, -0.1) is 0 Å². The van der Waals surface area contributed by atoms with Crippen LogP contribution in [0.1, 0.15) is 12.8 Å². The third-order valence-electron chi connectivity index (χ3n) is 6.35. The van der Waals surface area contributed by atoms with Crippen molar-refractivity contribution in [3.05, 3.63) is 53.6 Å². The van der Waals surface area contributed by atoms with Crippen molar-refractivity contribution in [2.24, 2.45) is 0 Å². The van der Waals surface area contributed by atoms with E-state index in [0.717, 1.165) is 46.3 Å². The highest BCUT2D eigenvalue weighted by Gasteiger charge is 2.33. The normalized spacial score (nSPS) is 20.5. The molecule has 1 N–H and O–H groups in total. The molecule has 2 aromatic heterocycles. The van der Waals surface area contributed by atoms with E-state index in [-0.39, 0.29) is 0 Å². The first kappa shape index (κ1) is 18.8. The topological polar surface area (TPSA) is 63.2 Å². The zero-order valence-electron chi connectivity index (χ0n) is 17.2. The number of hydrogen-bond donors (Lipinski definition) is 1. The zero-order valence-corrected chi connectivity index (χ0v) is 17.9. The van der Waals surface area contributed by atoms with Gasteiger partial charge in [0, 0.05) is 41.1 Å². The molecule has 156 valence electrons. The summed E-state index contributed by atoms with van der Waals surface area (Å²) in [4.78, 5) is 16.6. The van der Waals surface area contributed by atoms with E-state index in [9.17, 15) is 0 Å². The number of halogens is 1. The number of nitrogens with zero attached hydrogens (tertiary/aromatic N) is 4. The summed E-state index contributed by atoms with van der Waals surface area (Å²) < 4.78 is 5.43. The molecule has 0 amide bonds. The van der Waals surface area contributed by atoms with Crippen molar-refractivity contribution >= 4 is 39.2 Å². The number of rotatable bonds is 3. The van der Waals surface area contributed by atoms with Gasteiger partial charge in [-0.3, -0.25) is 0 Å². The van der Waals surface area contributed by atoms with Gasteiger partial charge in [0.25, 0.3) is 0 Å². The standard InChI is InChI=1S/C24H22ClN5O/c1-31-24-28-22-18(23(29-24)30-12-15-8-9-16(13-30)26-15)10-11-20(27-22)17-6-2-4-14-5-3-7-19(25)21(14)17/h2-7,10-11,15-16,26H,8-9,12-13H2,1H3/t15-,16+. The van der Waals surface area contributed by atoms with Gasteiger partial charge in [-0.05, 0) is 36.4 Å². The highest BCUT2D eigenvalue weighted by Crippen LogP contribution is 2.35. The molecule has 0 radical (unpaired) electrons.